The van der Waals surface area contributed by atoms with Gasteiger partial charge in [0.15, 0.2) is 11.6 Å². The molecule has 0 unspecified atom stereocenters. The maximum absolute atomic E-state index is 14.3. The van der Waals surface area contributed by atoms with Gasteiger partial charge in [0.2, 0.25) is 10.0 Å². The molecule has 1 amide bonds. The van der Waals surface area contributed by atoms with Gasteiger partial charge in [-0.15, -0.1) is 0 Å². The number of primary sulfonamides is 1. The second kappa shape index (κ2) is 8.68. The molecule has 162 valence electrons. The first kappa shape index (κ1) is 22.2. The number of hydrogen-bond donors (Lipinski definition) is 2. The molecule has 0 aliphatic heterocycles. The van der Waals surface area contributed by atoms with Crippen LogP contribution in [0.25, 0.3) is 23.0 Å². The Morgan fingerprint density at radius 1 is 1.26 bits per heavy atom. The third-order valence-corrected chi connectivity index (χ3v) is 5.25. The van der Waals surface area contributed by atoms with Crippen molar-refractivity contribution in [1.82, 2.24) is 14.8 Å². The molecule has 0 bridgehead atoms. The number of aromatic nitrogens is 2. The van der Waals surface area contributed by atoms with E-state index in [4.69, 9.17) is 9.88 Å². The highest BCUT2D eigenvalue weighted by molar-refractivity contribution is 7.89. The van der Waals surface area contributed by atoms with E-state index >= 15 is 0 Å². The third-order valence-electron chi connectivity index (χ3n) is 4.29. The number of ether oxygens (including phenoxy) is 1. The largest absolute Gasteiger partial charge is 0.494 e. The van der Waals surface area contributed by atoms with Crippen molar-refractivity contribution in [3.8, 4) is 22.7 Å². The summed E-state index contributed by atoms with van der Waals surface area (Å²) in [4.78, 5) is 11.5. The van der Waals surface area contributed by atoms with Crippen LogP contribution in [0.15, 0.2) is 59.5 Å². The first-order valence-electron chi connectivity index (χ1n) is 8.82. The molecule has 11 heteroatoms. The van der Waals surface area contributed by atoms with Crippen molar-refractivity contribution in [3.05, 3.63) is 66.1 Å². The average Bonchev–Trinajstić information content (AvgIpc) is 3.15. The number of sulfonamides is 1. The van der Waals surface area contributed by atoms with Gasteiger partial charge < -0.3 is 4.74 Å². The SMILES string of the molecule is COc1ccc(-c2cc(C=CC(=O)N(C)O)nn2-c2ccccc2S(N)(=O)=O)cc1F. The average molecular weight is 446 g/mol. The van der Waals surface area contributed by atoms with Crippen LogP contribution < -0.4 is 9.88 Å². The zero-order valence-corrected chi connectivity index (χ0v) is 17.4. The Kier molecular flexibility index (Phi) is 6.20. The summed E-state index contributed by atoms with van der Waals surface area (Å²) in [6.45, 7) is 0. The van der Waals surface area contributed by atoms with Crippen molar-refractivity contribution in [2.45, 2.75) is 4.90 Å². The van der Waals surface area contributed by atoms with E-state index in [2.05, 4.69) is 5.10 Å². The van der Waals surface area contributed by atoms with E-state index in [0.717, 1.165) is 6.08 Å². The Labute approximate surface area is 177 Å². The molecule has 0 fully saturated rings. The third kappa shape index (κ3) is 4.79. The second-order valence-corrected chi connectivity index (χ2v) is 7.95. The zero-order valence-electron chi connectivity index (χ0n) is 16.6. The monoisotopic (exact) mass is 446 g/mol. The number of hydroxylamine groups is 2. The number of amides is 1. The fraction of sp³-hybridized carbons (Fsp3) is 0.100. The summed E-state index contributed by atoms with van der Waals surface area (Å²) < 4.78 is 44.7. The number of nitrogens with two attached hydrogens (primary N) is 1. The fourth-order valence-electron chi connectivity index (χ4n) is 2.83. The summed E-state index contributed by atoms with van der Waals surface area (Å²) in [5, 5.41) is 19.3. The standard InChI is InChI=1S/C20H19FN4O5S/c1-24(27)20(26)10-8-14-12-17(13-7-9-18(30-2)15(21)11-13)25(23-14)16-5-3-4-6-19(16)31(22,28)29/h3-12,27H,1-2H3,(H2,22,28,29). The number of halogens is 1. The summed E-state index contributed by atoms with van der Waals surface area (Å²) >= 11 is 0. The summed E-state index contributed by atoms with van der Waals surface area (Å²) in [7, 11) is -1.59. The molecule has 3 rings (SSSR count). The van der Waals surface area contributed by atoms with E-state index in [1.807, 2.05) is 0 Å². The van der Waals surface area contributed by atoms with Crippen LogP contribution in [0.2, 0.25) is 0 Å². The molecule has 3 aromatic rings. The highest BCUT2D eigenvalue weighted by Gasteiger charge is 2.20. The van der Waals surface area contributed by atoms with Crippen molar-refractivity contribution >= 4 is 22.0 Å². The number of likely N-dealkylation sites (N-methyl/N-ethyl adjacent to an activating group) is 1. The Morgan fingerprint density at radius 3 is 2.58 bits per heavy atom. The van der Waals surface area contributed by atoms with Crippen LogP contribution in [-0.2, 0) is 14.8 Å². The minimum atomic E-state index is -4.09. The lowest BCUT2D eigenvalue weighted by atomic mass is 10.1. The molecular formula is C20H19FN4O5S. The maximum atomic E-state index is 14.3. The molecule has 2 aromatic carbocycles. The van der Waals surface area contributed by atoms with Crippen molar-refractivity contribution in [2.24, 2.45) is 5.14 Å². The van der Waals surface area contributed by atoms with Gasteiger partial charge in [-0.2, -0.15) is 5.10 Å². The van der Waals surface area contributed by atoms with Crippen LogP contribution in [0.1, 0.15) is 5.69 Å². The number of carbonyl (C=O) groups excluding carboxylic acids is 1. The first-order chi connectivity index (χ1) is 14.6. The van der Waals surface area contributed by atoms with Gasteiger partial charge in [-0.3, -0.25) is 10.0 Å². The number of hydrogen-bond acceptors (Lipinski definition) is 6. The molecule has 31 heavy (non-hydrogen) atoms. The number of nitrogens with zero attached hydrogens (tertiary/aromatic N) is 3. The van der Waals surface area contributed by atoms with Crippen molar-refractivity contribution in [3.63, 3.8) is 0 Å². The van der Waals surface area contributed by atoms with Gasteiger partial charge in [-0.05, 0) is 42.5 Å². The van der Waals surface area contributed by atoms with E-state index in [-0.39, 0.29) is 22.0 Å². The quantitative estimate of drug-likeness (QED) is 0.339. The molecular weight excluding hydrogens is 427 g/mol. The Balaban J connectivity index is 2.23. The molecule has 1 aromatic heterocycles. The van der Waals surface area contributed by atoms with Gasteiger partial charge in [-0.1, -0.05) is 12.1 Å². The molecule has 1 heterocycles. The van der Waals surface area contributed by atoms with Crippen LogP contribution in [0.4, 0.5) is 4.39 Å². The molecule has 0 saturated heterocycles. The van der Waals surface area contributed by atoms with E-state index < -0.39 is 21.7 Å². The Morgan fingerprint density at radius 2 is 1.97 bits per heavy atom. The number of methoxy groups -OCH3 is 1. The summed E-state index contributed by atoms with van der Waals surface area (Å²) in [5.74, 6) is -1.28. The number of benzene rings is 2. The van der Waals surface area contributed by atoms with Crippen LogP contribution >= 0.6 is 0 Å². The number of rotatable bonds is 6. The molecule has 0 radical (unpaired) electrons. The summed E-state index contributed by atoms with van der Waals surface area (Å²) in [6.07, 6.45) is 2.41. The topological polar surface area (TPSA) is 128 Å². The lowest BCUT2D eigenvalue weighted by Crippen LogP contribution is -2.19. The van der Waals surface area contributed by atoms with E-state index in [1.54, 1.807) is 12.1 Å². The van der Waals surface area contributed by atoms with Gasteiger partial charge >= 0.3 is 0 Å². The fourth-order valence-corrected chi connectivity index (χ4v) is 3.55. The number of carbonyl (C=O) groups is 1. The smallest absolute Gasteiger partial charge is 0.269 e. The minimum Gasteiger partial charge on any atom is -0.494 e. The molecule has 3 N–H and O–H groups in total. The second-order valence-electron chi connectivity index (χ2n) is 6.42. The van der Waals surface area contributed by atoms with Crippen molar-refractivity contribution < 1.29 is 27.5 Å². The van der Waals surface area contributed by atoms with Crippen LogP contribution in [-0.4, -0.2) is 48.5 Å². The van der Waals surface area contributed by atoms with E-state index in [9.17, 15) is 22.8 Å². The highest BCUT2D eigenvalue weighted by atomic mass is 32.2. The Bertz CT molecular complexity index is 1270. The van der Waals surface area contributed by atoms with Gasteiger partial charge in [0, 0.05) is 18.7 Å². The lowest BCUT2D eigenvalue weighted by molar-refractivity contribution is -0.153. The van der Waals surface area contributed by atoms with Gasteiger partial charge in [-0.25, -0.2) is 27.7 Å². The predicted octanol–water partition coefficient (Wildman–Crippen LogP) is 2.20. The van der Waals surface area contributed by atoms with Crippen LogP contribution in [0, 0.1) is 5.82 Å². The van der Waals surface area contributed by atoms with Gasteiger partial charge in [0.1, 0.15) is 4.90 Å². The Hall–Kier alpha value is -3.54. The summed E-state index contributed by atoms with van der Waals surface area (Å²) in [5.41, 5.74) is 1.11. The van der Waals surface area contributed by atoms with Gasteiger partial charge in [0.25, 0.3) is 5.91 Å². The van der Waals surface area contributed by atoms with Crippen molar-refractivity contribution in [1.29, 1.82) is 0 Å². The van der Waals surface area contributed by atoms with E-state index in [0.29, 0.717) is 16.3 Å². The van der Waals surface area contributed by atoms with Crippen LogP contribution in [0.5, 0.6) is 5.75 Å². The predicted molar refractivity (Wildman–Crippen MR) is 110 cm³/mol. The molecule has 0 aliphatic carbocycles. The first-order valence-corrected chi connectivity index (χ1v) is 10.4. The molecule has 0 aliphatic rings. The van der Waals surface area contributed by atoms with Gasteiger partial charge in [0.05, 0.1) is 24.2 Å². The minimum absolute atomic E-state index is 0.0384. The lowest BCUT2D eigenvalue weighted by Gasteiger charge is -2.12. The summed E-state index contributed by atoms with van der Waals surface area (Å²) in [6, 6.07) is 11.7. The molecule has 0 spiro atoms. The highest BCUT2D eigenvalue weighted by Crippen LogP contribution is 2.30. The molecule has 0 saturated carbocycles. The molecule has 9 nitrogen and oxygen atoms in total. The maximum Gasteiger partial charge on any atom is 0.269 e. The van der Waals surface area contributed by atoms with E-state index in [1.165, 1.54) is 61.3 Å². The normalized spacial score (nSPS) is 11.6. The zero-order chi connectivity index (χ0) is 22.8. The van der Waals surface area contributed by atoms with Crippen LogP contribution in [0.3, 0.4) is 0 Å². The number of para-hydroxylation sites is 1. The van der Waals surface area contributed by atoms with Crippen molar-refractivity contribution in [2.75, 3.05) is 14.2 Å². The molecule has 0 atom stereocenters.